The predicted octanol–water partition coefficient (Wildman–Crippen LogP) is 0.748. The first-order valence-corrected chi connectivity index (χ1v) is 4.77. The van der Waals surface area contributed by atoms with Crippen LogP contribution < -0.4 is 9.64 Å². The van der Waals surface area contributed by atoms with Crippen molar-refractivity contribution in [1.82, 2.24) is 0 Å². The van der Waals surface area contributed by atoms with Crippen LogP contribution in [0.5, 0.6) is 5.75 Å². The molecule has 2 rings (SSSR count). The fraction of sp³-hybridized carbons (Fsp3) is 0.364. The average molecular weight is 204 g/mol. The minimum atomic E-state index is -0.00886. The highest BCUT2D eigenvalue weighted by Crippen LogP contribution is 2.33. The van der Waals surface area contributed by atoms with Crippen molar-refractivity contribution in [3.05, 3.63) is 23.8 Å². The molecule has 4 heteroatoms. The molecule has 0 aliphatic carbocycles. The number of hydrogen-bond donors (Lipinski definition) is 1. The van der Waals surface area contributed by atoms with E-state index in [1.54, 1.807) is 12.1 Å². The Morgan fingerprint density at radius 1 is 1.67 bits per heavy atom. The average Bonchev–Trinajstić information content (AvgIpc) is 2.29. The Bertz CT molecular complexity index is 412. The highest BCUT2D eigenvalue weighted by Gasteiger charge is 2.23. The van der Waals surface area contributed by atoms with Crippen LogP contribution in [0.4, 0.5) is 5.69 Å². The van der Waals surface area contributed by atoms with E-state index in [9.17, 15) is 0 Å². The lowest BCUT2D eigenvalue weighted by molar-refractivity contribution is 0.191. The Labute approximate surface area is 88.3 Å². The Morgan fingerprint density at radius 2 is 2.47 bits per heavy atom. The molecule has 1 aromatic rings. The van der Waals surface area contributed by atoms with Crippen molar-refractivity contribution >= 4 is 5.69 Å². The maximum Gasteiger partial charge on any atom is 0.144 e. The number of nitrogens with zero attached hydrogens (tertiary/aromatic N) is 2. The minimum absolute atomic E-state index is 0.00886. The number of benzene rings is 1. The van der Waals surface area contributed by atoms with Gasteiger partial charge >= 0.3 is 0 Å². The summed E-state index contributed by atoms with van der Waals surface area (Å²) in [6.07, 6.45) is 0. The number of fused-ring (bicyclic) bond motifs is 1. The van der Waals surface area contributed by atoms with E-state index in [4.69, 9.17) is 15.1 Å². The SMILES string of the molecule is CN1c2ccc(C#N)cc2OCC1CO. The van der Waals surface area contributed by atoms with E-state index in [-0.39, 0.29) is 12.6 Å². The van der Waals surface area contributed by atoms with Crippen LogP contribution in [0.25, 0.3) is 0 Å². The van der Waals surface area contributed by atoms with Gasteiger partial charge in [0.2, 0.25) is 0 Å². The zero-order valence-electron chi connectivity index (χ0n) is 8.47. The number of likely N-dealkylation sites (N-methyl/N-ethyl adjacent to an activating group) is 1. The zero-order valence-corrected chi connectivity index (χ0v) is 8.47. The van der Waals surface area contributed by atoms with Gasteiger partial charge in [-0.3, -0.25) is 0 Å². The summed E-state index contributed by atoms with van der Waals surface area (Å²) < 4.78 is 5.49. The fourth-order valence-corrected chi connectivity index (χ4v) is 1.66. The molecule has 1 aliphatic heterocycles. The van der Waals surface area contributed by atoms with Crippen molar-refractivity contribution in [2.75, 3.05) is 25.2 Å². The Hall–Kier alpha value is -1.73. The summed E-state index contributed by atoms with van der Waals surface area (Å²) >= 11 is 0. The third-order valence-electron chi connectivity index (χ3n) is 2.66. The summed E-state index contributed by atoms with van der Waals surface area (Å²) in [6.45, 7) is 0.519. The van der Waals surface area contributed by atoms with Gasteiger partial charge in [-0.1, -0.05) is 0 Å². The van der Waals surface area contributed by atoms with Crippen molar-refractivity contribution in [3.63, 3.8) is 0 Å². The largest absolute Gasteiger partial charge is 0.489 e. The molecule has 0 aromatic heterocycles. The summed E-state index contributed by atoms with van der Waals surface area (Å²) in [6, 6.07) is 7.37. The van der Waals surface area contributed by atoms with Crippen molar-refractivity contribution in [2.45, 2.75) is 6.04 Å². The Kier molecular flexibility index (Phi) is 2.48. The molecule has 1 unspecified atom stereocenters. The van der Waals surface area contributed by atoms with Gasteiger partial charge in [-0.15, -0.1) is 0 Å². The summed E-state index contributed by atoms with van der Waals surface area (Å²) in [4.78, 5) is 1.97. The summed E-state index contributed by atoms with van der Waals surface area (Å²) in [5, 5.41) is 17.9. The van der Waals surface area contributed by atoms with Gasteiger partial charge in [-0.25, -0.2) is 0 Å². The van der Waals surface area contributed by atoms with E-state index < -0.39 is 0 Å². The predicted molar refractivity (Wildman–Crippen MR) is 55.9 cm³/mol. The van der Waals surface area contributed by atoms with Crippen LogP contribution in [0.3, 0.4) is 0 Å². The maximum absolute atomic E-state index is 9.11. The van der Waals surface area contributed by atoms with Crippen molar-refractivity contribution in [2.24, 2.45) is 0 Å². The molecule has 0 bridgehead atoms. The Morgan fingerprint density at radius 3 is 3.13 bits per heavy atom. The molecule has 0 radical (unpaired) electrons. The molecule has 0 fully saturated rings. The van der Waals surface area contributed by atoms with Crippen molar-refractivity contribution in [3.8, 4) is 11.8 Å². The lowest BCUT2D eigenvalue weighted by atomic mass is 10.1. The second-order valence-electron chi connectivity index (χ2n) is 3.55. The second kappa shape index (κ2) is 3.79. The molecule has 78 valence electrons. The lowest BCUT2D eigenvalue weighted by Gasteiger charge is -2.34. The van der Waals surface area contributed by atoms with Gasteiger partial charge in [0.25, 0.3) is 0 Å². The molecule has 1 aromatic carbocycles. The molecular formula is C11H12N2O2. The molecule has 0 saturated heterocycles. The van der Waals surface area contributed by atoms with Crippen LogP contribution in [-0.2, 0) is 0 Å². The van der Waals surface area contributed by atoms with Crippen LogP contribution in [0.15, 0.2) is 18.2 Å². The maximum atomic E-state index is 9.11. The van der Waals surface area contributed by atoms with Gasteiger partial charge in [0.15, 0.2) is 0 Å². The monoisotopic (exact) mass is 204 g/mol. The fourth-order valence-electron chi connectivity index (χ4n) is 1.66. The van der Waals surface area contributed by atoms with Gasteiger partial charge < -0.3 is 14.7 Å². The van der Waals surface area contributed by atoms with E-state index in [0.29, 0.717) is 17.9 Å². The first-order chi connectivity index (χ1) is 7.26. The number of aliphatic hydroxyl groups excluding tert-OH is 1. The minimum Gasteiger partial charge on any atom is -0.489 e. The molecule has 0 saturated carbocycles. The first kappa shape index (κ1) is 9.81. The van der Waals surface area contributed by atoms with E-state index >= 15 is 0 Å². The zero-order chi connectivity index (χ0) is 10.8. The number of rotatable bonds is 1. The topological polar surface area (TPSA) is 56.5 Å². The third kappa shape index (κ3) is 1.62. The smallest absolute Gasteiger partial charge is 0.144 e. The molecule has 4 nitrogen and oxygen atoms in total. The highest BCUT2D eigenvalue weighted by molar-refractivity contribution is 5.62. The van der Waals surface area contributed by atoms with Crippen molar-refractivity contribution < 1.29 is 9.84 Å². The first-order valence-electron chi connectivity index (χ1n) is 4.77. The van der Waals surface area contributed by atoms with E-state index in [2.05, 4.69) is 6.07 Å². The summed E-state index contributed by atoms with van der Waals surface area (Å²) in [5.74, 6) is 0.709. The normalized spacial score (nSPS) is 19.0. The van der Waals surface area contributed by atoms with Crippen LogP contribution in [0.2, 0.25) is 0 Å². The number of nitriles is 1. The van der Waals surface area contributed by atoms with E-state index in [1.165, 1.54) is 0 Å². The van der Waals surface area contributed by atoms with Gasteiger partial charge in [-0.2, -0.15) is 5.26 Å². The molecule has 1 atom stereocenters. The standard InChI is InChI=1S/C11H12N2O2/c1-13-9(6-14)7-15-11-4-8(5-12)2-3-10(11)13/h2-4,9,14H,6-7H2,1H3. The van der Waals surface area contributed by atoms with Gasteiger partial charge in [0, 0.05) is 13.1 Å². The number of hydrogen-bond acceptors (Lipinski definition) is 4. The van der Waals surface area contributed by atoms with Gasteiger partial charge in [0.05, 0.1) is 30.0 Å². The molecule has 0 amide bonds. The molecular weight excluding hydrogens is 192 g/mol. The van der Waals surface area contributed by atoms with E-state index in [1.807, 2.05) is 18.0 Å². The number of ether oxygens (including phenoxy) is 1. The quantitative estimate of drug-likeness (QED) is 0.733. The van der Waals surface area contributed by atoms with Crippen LogP contribution in [0, 0.1) is 11.3 Å². The molecule has 1 heterocycles. The lowest BCUT2D eigenvalue weighted by Crippen LogP contribution is -2.42. The molecule has 1 aliphatic rings. The van der Waals surface area contributed by atoms with Crippen molar-refractivity contribution in [1.29, 1.82) is 5.26 Å². The molecule has 15 heavy (non-hydrogen) atoms. The van der Waals surface area contributed by atoms with E-state index in [0.717, 1.165) is 5.69 Å². The number of anilines is 1. The Balaban J connectivity index is 2.38. The number of aliphatic hydroxyl groups is 1. The van der Waals surface area contributed by atoms with Crippen LogP contribution >= 0.6 is 0 Å². The second-order valence-corrected chi connectivity index (χ2v) is 3.55. The highest BCUT2D eigenvalue weighted by atomic mass is 16.5. The summed E-state index contributed by atoms with van der Waals surface area (Å²) in [7, 11) is 1.91. The van der Waals surface area contributed by atoms with Gasteiger partial charge in [-0.05, 0) is 12.1 Å². The molecule has 1 N–H and O–H groups in total. The summed E-state index contributed by atoms with van der Waals surface area (Å²) in [5.41, 5.74) is 1.50. The third-order valence-corrected chi connectivity index (χ3v) is 2.66. The molecule has 0 spiro atoms. The van der Waals surface area contributed by atoms with Crippen LogP contribution in [0.1, 0.15) is 5.56 Å². The van der Waals surface area contributed by atoms with Crippen LogP contribution in [-0.4, -0.2) is 31.4 Å². The van der Waals surface area contributed by atoms with Gasteiger partial charge in [0.1, 0.15) is 12.4 Å².